The highest BCUT2D eigenvalue weighted by atomic mass is 16.4. The zero-order valence-electron chi connectivity index (χ0n) is 26.7. The maximum atomic E-state index is 13.0. The molecule has 0 saturated carbocycles. The van der Waals surface area contributed by atoms with Gasteiger partial charge in [0, 0.05) is 13.1 Å². The Morgan fingerprint density at radius 3 is 1.76 bits per heavy atom. The Morgan fingerprint density at radius 2 is 1.30 bits per heavy atom. The maximum Gasteiger partial charge on any atom is 0.326 e. The smallest absolute Gasteiger partial charge is 0.326 e. The Morgan fingerprint density at radius 1 is 0.804 bits per heavy atom. The number of carboxylic acid groups (broad SMARTS) is 1. The van der Waals surface area contributed by atoms with Crippen LogP contribution in [0.1, 0.15) is 65.2 Å². The van der Waals surface area contributed by atoms with Crippen molar-refractivity contribution < 1.29 is 43.8 Å². The average Bonchev–Trinajstić information content (AvgIpc) is 3.71. The Hall–Kier alpha value is -3.83. The fourth-order valence-electron chi connectivity index (χ4n) is 5.55. The number of aliphatic hydroxyl groups is 1. The van der Waals surface area contributed by atoms with Gasteiger partial charge in [-0.3, -0.25) is 28.8 Å². The maximum absolute atomic E-state index is 13.0. The monoisotopic (exact) mass is 654 g/mol. The minimum atomic E-state index is -1.42. The van der Waals surface area contributed by atoms with Gasteiger partial charge in [0.15, 0.2) is 0 Å². The number of nitrogens with one attached hydrogen (secondary N) is 4. The molecular formula is C29H50N8O9. The summed E-state index contributed by atoms with van der Waals surface area (Å²) in [6.07, 6.45) is 3.40. The number of carbonyl (C=O) groups is 7. The molecule has 0 unspecified atom stereocenters. The molecule has 17 nitrogen and oxygen atoms in total. The van der Waals surface area contributed by atoms with Crippen molar-refractivity contribution in [3.05, 3.63) is 0 Å². The van der Waals surface area contributed by atoms with Crippen LogP contribution in [-0.2, 0) is 33.6 Å². The molecule has 260 valence electrons. The Bertz CT molecular complexity index is 1100. The van der Waals surface area contributed by atoms with E-state index >= 15 is 0 Å². The highest BCUT2D eigenvalue weighted by molar-refractivity contribution is 5.96. The van der Waals surface area contributed by atoms with E-state index in [4.69, 9.17) is 11.5 Å². The lowest BCUT2D eigenvalue weighted by molar-refractivity contribution is -0.144. The second-order valence-electron chi connectivity index (χ2n) is 12.1. The average molecular weight is 655 g/mol. The van der Waals surface area contributed by atoms with E-state index in [-0.39, 0.29) is 32.0 Å². The van der Waals surface area contributed by atoms with Gasteiger partial charge in [-0.1, -0.05) is 13.8 Å². The molecule has 2 aliphatic rings. The first-order chi connectivity index (χ1) is 21.8. The van der Waals surface area contributed by atoms with Crippen molar-refractivity contribution in [2.24, 2.45) is 17.4 Å². The third-order valence-electron chi connectivity index (χ3n) is 8.02. The van der Waals surface area contributed by atoms with E-state index in [9.17, 15) is 43.8 Å². The molecule has 0 spiro atoms. The SMILES string of the molecule is CC(C)C[C@H](N)C(=O)NCC(=O)N1CCC[C@H]1C(=O)N[C@@H](CO)C(=O)NCC(=O)N1CCC[C@H]1C(=O)N[C@@H](CCCCN)C(=O)O. The number of carbonyl (C=O) groups excluding carboxylic acids is 6. The molecule has 2 saturated heterocycles. The zero-order valence-corrected chi connectivity index (χ0v) is 26.7. The van der Waals surface area contributed by atoms with Gasteiger partial charge in [-0.2, -0.15) is 0 Å². The van der Waals surface area contributed by atoms with Gasteiger partial charge in [0.25, 0.3) is 0 Å². The lowest BCUT2D eigenvalue weighted by atomic mass is 10.0. The first-order valence-corrected chi connectivity index (χ1v) is 15.8. The second-order valence-corrected chi connectivity index (χ2v) is 12.1. The van der Waals surface area contributed by atoms with Gasteiger partial charge < -0.3 is 52.7 Å². The minimum Gasteiger partial charge on any atom is -0.480 e. The molecule has 46 heavy (non-hydrogen) atoms. The number of unbranched alkanes of at least 4 members (excludes halogenated alkanes) is 1. The summed E-state index contributed by atoms with van der Waals surface area (Å²) in [5.41, 5.74) is 11.3. The number of carboxylic acids is 1. The molecule has 2 rings (SSSR count). The molecule has 0 aromatic carbocycles. The van der Waals surface area contributed by atoms with Crippen molar-refractivity contribution in [3.8, 4) is 0 Å². The van der Waals surface area contributed by atoms with E-state index in [1.54, 1.807) is 0 Å². The van der Waals surface area contributed by atoms with Gasteiger partial charge in [-0.05, 0) is 63.8 Å². The number of rotatable bonds is 18. The van der Waals surface area contributed by atoms with Crippen LogP contribution in [0.3, 0.4) is 0 Å². The molecule has 17 heteroatoms. The molecule has 0 bridgehead atoms. The van der Waals surface area contributed by atoms with E-state index in [1.165, 1.54) is 9.80 Å². The van der Waals surface area contributed by atoms with Crippen LogP contribution < -0.4 is 32.7 Å². The molecule has 2 aliphatic heterocycles. The number of hydrogen-bond donors (Lipinski definition) is 8. The van der Waals surface area contributed by atoms with E-state index < -0.39 is 84.8 Å². The van der Waals surface area contributed by atoms with Crippen LogP contribution in [0.5, 0.6) is 0 Å². The summed E-state index contributed by atoms with van der Waals surface area (Å²) >= 11 is 0. The fraction of sp³-hybridized carbons (Fsp3) is 0.759. The minimum absolute atomic E-state index is 0.191. The molecule has 0 radical (unpaired) electrons. The van der Waals surface area contributed by atoms with Crippen molar-refractivity contribution in [2.45, 2.75) is 95.4 Å². The van der Waals surface area contributed by atoms with E-state index in [0.717, 1.165) is 0 Å². The van der Waals surface area contributed by atoms with Crippen LogP contribution in [0.4, 0.5) is 0 Å². The number of nitrogens with zero attached hydrogens (tertiary/aromatic N) is 2. The van der Waals surface area contributed by atoms with Crippen molar-refractivity contribution in [2.75, 3.05) is 39.3 Å². The lowest BCUT2D eigenvalue weighted by Crippen LogP contribution is -2.57. The van der Waals surface area contributed by atoms with E-state index in [2.05, 4.69) is 21.3 Å². The molecule has 0 aromatic heterocycles. The zero-order chi connectivity index (χ0) is 34.4. The number of aliphatic hydroxyl groups excluding tert-OH is 1. The molecular weight excluding hydrogens is 604 g/mol. The number of likely N-dealkylation sites (tertiary alicyclic amines) is 2. The second kappa shape index (κ2) is 19.0. The normalized spacial score (nSPS) is 19.7. The van der Waals surface area contributed by atoms with Crippen LogP contribution in [0.15, 0.2) is 0 Å². The standard InChI is InChI=1S/C29H50N8O9/c1-17(2)13-18(31)25(41)32-14-23(39)37-12-6-9-22(37)28(44)35-20(16-38)26(42)33-15-24(40)36-11-5-8-21(36)27(43)34-19(29(45)46)7-3-4-10-30/h17-22,38H,3-16,30-31H2,1-2H3,(H,32,41)(H,33,42)(H,34,43)(H,35,44)(H,45,46)/t18-,19-,20-,21-,22-/m0/s1. The van der Waals surface area contributed by atoms with Gasteiger partial charge in [0.1, 0.15) is 24.2 Å². The van der Waals surface area contributed by atoms with E-state index in [0.29, 0.717) is 51.5 Å². The van der Waals surface area contributed by atoms with Crippen LogP contribution in [0.2, 0.25) is 0 Å². The van der Waals surface area contributed by atoms with Gasteiger partial charge in [0.2, 0.25) is 35.4 Å². The summed E-state index contributed by atoms with van der Waals surface area (Å²) in [5.74, 6) is -4.69. The van der Waals surface area contributed by atoms with Crippen molar-refractivity contribution in [1.82, 2.24) is 31.1 Å². The highest BCUT2D eigenvalue weighted by Gasteiger charge is 2.38. The largest absolute Gasteiger partial charge is 0.480 e. The van der Waals surface area contributed by atoms with Gasteiger partial charge >= 0.3 is 5.97 Å². The van der Waals surface area contributed by atoms with Gasteiger partial charge in [-0.15, -0.1) is 0 Å². The Balaban J connectivity index is 1.89. The van der Waals surface area contributed by atoms with E-state index in [1.807, 2.05) is 13.8 Å². The van der Waals surface area contributed by atoms with Crippen LogP contribution in [-0.4, -0.2) is 131 Å². The third kappa shape index (κ3) is 11.5. The van der Waals surface area contributed by atoms with Gasteiger partial charge in [0.05, 0.1) is 25.7 Å². The van der Waals surface area contributed by atoms with Crippen LogP contribution in [0.25, 0.3) is 0 Å². The molecule has 0 aliphatic carbocycles. The first-order valence-electron chi connectivity index (χ1n) is 15.8. The summed E-state index contributed by atoms with van der Waals surface area (Å²) in [7, 11) is 0. The fourth-order valence-corrected chi connectivity index (χ4v) is 5.55. The van der Waals surface area contributed by atoms with Crippen molar-refractivity contribution in [3.63, 3.8) is 0 Å². The highest BCUT2D eigenvalue weighted by Crippen LogP contribution is 2.19. The molecule has 10 N–H and O–H groups in total. The molecule has 6 amide bonds. The quantitative estimate of drug-likeness (QED) is 0.0680. The van der Waals surface area contributed by atoms with Gasteiger partial charge in [-0.25, -0.2) is 4.79 Å². The molecule has 2 fully saturated rings. The molecule has 0 aromatic rings. The summed E-state index contributed by atoms with van der Waals surface area (Å²) in [6, 6.07) is -5.14. The summed E-state index contributed by atoms with van der Waals surface area (Å²) in [5, 5.41) is 29.0. The summed E-state index contributed by atoms with van der Waals surface area (Å²) < 4.78 is 0. The Kier molecular flexibility index (Phi) is 15.8. The molecule has 2 heterocycles. The predicted molar refractivity (Wildman–Crippen MR) is 164 cm³/mol. The number of amides is 6. The number of hydrogen-bond acceptors (Lipinski definition) is 10. The summed E-state index contributed by atoms with van der Waals surface area (Å²) in [6.45, 7) is 3.06. The van der Waals surface area contributed by atoms with Crippen LogP contribution >= 0.6 is 0 Å². The predicted octanol–water partition coefficient (Wildman–Crippen LogP) is -3.25. The number of aliphatic carboxylic acids is 1. The first kappa shape index (κ1) is 38.4. The van der Waals surface area contributed by atoms with Crippen molar-refractivity contribution in [1.29, 1.82) is 0 Å². The lowest BCUT2D eigenvalue weighted by Gasteiger charge is -2.27. The topological polar surface area (TPSA) is 267 Å². The molecule has 5 atom stereocenters. The van der Waals surface area contributed by atoms with Crippen molar-refractivity contribution >= 4 is 41.4 Å². The third-order valence-corrected chi connectivity index (χ3v) is 8.02. The van der Waals surface area contributed by atoms with Crippen LogP contribution in [0, 0.1) is 5.92 Å². The number of nitrogens with two attached hydrogens (primary N) is 2. The summed E-state index contributed by atoms with van der Waals surface area (Å²) in [4.78, 5) is 90.7. The Labute approximate surface area is 268 Å².